The molecular weight excluding hydrogens is 615 g/mol. The average molecular weight is 644 g/mol. The Labute approximate surface area is 288 Å². The van der Waals surface area contributed by atoms with Crippen LogP contribution in [0.1, 0.15) is 0 Å². The monoisotopic (exact) mass is 643 g/mol. The minimum atomic E-state index is 0.707. The van der Waals surface area contributed by atoms with Gasteiger partial charge in [-0.3, -0.25) is 0 Å². The molecule has 2 heterocycles. The molecule has 0 bridgehead atoms. The van der Waals surface area contributed by atoms with Gasteiger partial charge in [-0.1, -0.05) is 152 Å². The Balaban J connectivity index is 1.10. The van der Waals surface area contributed by atoms with Crippen molar-refractivity contribution >= 4 is 32.3 Å². The Kier molecular flexibility index (Phi) is 7.34. The number of nitrogens with zero attached hydrogens (tertiary/aromatic N) is 3. The lowest BCUT2D eigenvalue weighted by atomic mass is 9.98. The van der Waals surface area contributed by atoms with E-state index in [1.54, 1.807) is 11.3 Å². The van der Waals surface area contributed by atoms with Crippen LogP contribution in [0.2, 0.25) is 0 Å². The van der Waals surface area contributed by atoms with E-state index in [1.807, 2.05) is 30.3 Å². The highest BCUT2D eigenvalue weighted by molar-refractivity contribution is 7.22. The fraction of sp³-hybridized carbons (Fsp3) is 0. The van der Waals surface area contributed by atoms with Crippen LogP contribution in [0.25, 0.3) is 87.7 Å². The molecule has 0 amide bonds. The maximum atomic E-state index is 5.12. The van der Waals surface area contributed by atoms with Crippen LogP contribution in [0.3, 0.4) is 0 Å². The molecule has 0 saturated heterocycles. The van der Waals surface area contributed by atoms with Crippen LogP contribution < -0.4 is 0 Å². The smallest absolute Gasteiger partial charge is 0.160 e. The molecule has 2 aromatic heterocycles. The zero-order valence-electron chi connectivity index (χ0n) is 26.5. The van der Waals surface area contributed by atoms with Crippen molar-refractivity contribution in [3.63, 3.8) is 0 Å². The summed E-state index contributed by atoms with van der Waals surface area (Å²) >= 11 is 1.75. The van der Waals surface area contributed by atoms with Crippen molar-refractivity contribution in [2.24, 2.45) is 0 Å². The van der Waals surface area contributed by atoms with Crippen LogP contribution in [0, 0.1) is 0 Å². The predicted molar refractivity (Wildman–Crippen MR) is 205 cm³/mol. The number of hydrogen-bond acceptors (Lipinski definition) is 4. The van der Waals surface area contributed by atoms with E-state index in [0.29, 0.717) is 5.82 Å². The average Bonchev–Trinajstić information content (AvgIpc) is 3.63. The number of benzene rings is 7. The van der Waals surface area contributed by atoms with Gasteiger partial charge in [0.15, 0.2) is 5.82 Å². The number of thiazole rings is 1. The zero-order chi connectivity index (χ0) is 32.6. The molecule has 7 aromatic carbocycles. The van der Waals surface area contributed by atoms with E-state index in [9.17, 15) is 0 Å². The molecule has 0 radical (unpaired) electrons. The second-order valence-electron chi connectivity index (χ2n) is 12.1. The molecule has 0 unspecified atom stereocenters. The third-order valence-corrected chi connectivity index (χ3v) is 10.1. The molecule has 49 heavy (non-hydrogen) atoms. The molecule has 4 heteroatoms. The first kappa shape index (κ1) is 29.0. The molecule has 0 fully saturated rings. The predicted octanol–water partition coefficient (Wildman–Crippen LogP) is 12.2. The Morgan fingerprint density at radius 2 is 0.878 bits per heavy atom. The molecular formula is C45H29N3S. The number of fused-ring (bicyclic) bond motifs is 2. The van der Waals surface area contributed by atoms with E-state index in [2.05, 4.69) is 146 Å². The highest BCUT2D eigenvalue weighted by Crippen LogP contribution is 2.38. The van der Waals surface area contributed by atoms with Gasteiger partial charge in [-0.2, -0.15) is 0 Å². The van der Waals surface area contributed by atoms with Crippen LogP contribution in [-0.4, -0.2) is 15.0 Å². The quantitative estimate of drug-likeness (QED) is 0.181. The first-order valence-electron chi connectivity index (χ1n) is 16.4. The molecule has 0 spiro atoms. The Morgan fingerprint density at radius 1 is 0.347 bits per heavy atom. The molecule has 9 aromatic rings. The number of aromatic nitrogens is 3. The van der Waals surface area contributed by atoms with E-state index >= 15 is 0 Å². The Hall–Kier alpha value is -6.23. The summed E-state index contributed by atoms with van der Waals surface area (Å²) in [5.41, 5.74) is 11.8. The lowest BCUT2D eigenvalue weighted by Crippen LogP contribution is -1.96. The van der Waals surface area contributed by atoms with Gasteiger partial charge in [-0.15, -0.1) is 11.3 Å². The van der Waals surface area contributed by atoms with Gasteiger partial charge >= 0.3 is 0 Å². The Bertz CT molecular complexity index is 2580. The van der Waals surface area contributed by atoms with E-state index in [1.165, 1.54) is 32.3 Å². The second-order valence-corrected chi connectivity index (χ2v) is 13.1. The van der Waals surface area contributed by atoms with Gasteiger partial charge in [0.25, 0.3) is 0 Å². The van der Waals surface area contributed by atoms with E-state index in [4.69, 9.17) is 15.0 Å². The lowest BCUT2D eigenvalue weighted by molar-refractivity contribution is 1.18. The van der Waals surface area contributed by atoms with Crippen LogP contribution in [0.5, 0.6) is 0 Å². The van der Waals surface area contributed by atoms with Crippen LogP contribution in [-0.2, 0) is 0 Å². The SMILES string of the molecule is c1ccc(-c2ccc(-c3nc(-c4ccccc4)cc(-c4ccc5cc(-c6cccc7nc(-c8ccccc8)sc67)ccc5c4)n3)cc2)cc1. The summed E-state index contributed by atoms with van der Waals surface area (Å²) in [6.45, 7) is 0. The van der Waals surface area contributed by atoms with Gasteiger partial charge in [0, 0.05) is 27.8 Å². The fourth-order valence-corrected chi connectivity index (χ4v) is 7.48. The Morgan fingerprint density at radius 3 is 1.57 bits per heavy atom. The molecule has 0 aliphatic rings. The van der Waals surface area contributed by atoms with Crippen molar-refractivity contribution in [2.45, 2.75) is 0 Å². The zero-order valence-corrected chi connectivity index (χ0v) is 27.3. The van der Waals surface area contributed by atoms with Gasteiger partial charge in [0.05, 0.1) is 21.6 Å². The molecule has 0 N–H and O–H groups in total. The molecule has 3 nitrogen and oxygen atoms in total. The lowest BCUT2D eigenvalue weighted by Gasteiger charge is -2.11. The maximum Gasteiger partial charge on any atom is 0.160 e. The highest BCUT2D eigenvalue weighted by atomic mass is 32.1. The first-order valence-corrected chi connectivity index (χ1v) is 17.2. The van der Waals surface area contributed by atoms with Gasteiger partial charge in [0.1, 0.15) is 5.01 Å². The largest absolute Gasteiger partial charge is 0.236 e. The summed E-state index contributed by atoms with van der Waals surface area (Å²) in [6, 6.07) is 61.5. The number of rotatable bonds is 6. The maximum absolute atomic E-state index is 5.12. The van der Waals surface area contributed by atoms with Crippen LogP contribution >= 0.6 is 11.3 Å². The summed E-state index contributed by atoms with van der Waals surface area (Å²) in [6.07, 6.45) is 0. The summed E-state index contributed by atoms with van der Waals surface area (Å²) in [5.74, 6) is 0.707. The fourth-order valence-electron chi connectivity index (χ4n) is 6.38. The van der Waals surface area contributed by atoms with Crippen molar-refractivity contribution < 1.29 is 0 Å². The molecule has 0 saturated carbocycles. The first-order chi connectivity index (χ1) is 24.2. The van der Waals surface area contributed by atoms with E-state index < -0.39 is 0 Å². The second kappa shape index (κ2) is 12.4. The van der Waals surface area contributed by atoms with Crippen LogP contribution in [0.15, 0.2) is 176 Å². The van der Waals surface area contributed by atoms with E-state index in [-0.39, 0.29) is 0 Å². The highest BCUT2D eigenvalue weighted by Gasteiger charge is 2.14. The van der Waals surface area contributed by atoms with E-state index in [0.717, 1.165) is 49.6 Å². The summed E-state index contributed by atoms with van der Waals surface area (Å²) < 4.78 is 1.20. The van der Waals surface area contributed by atoms with Crippen molar-refractivity contribution in [2.75, 3.05) is 0 Å². The van der Waals surface area contributed by atoms with Crippen molar-refractivity contribution in [1.29, 1.82) is 0 Å². The third kappa shape index (κ3) is 5.69. The van der Waals surface area contributed by atoms with Gasteiger partial charge in [-0.05, 0) is 51.7 Å². The molecule has 9 rings (SSSR count). The minimum absolute atomic E-state index is 0.707. The van der Waals surface area contributed by atoms with Gasteiger partial charge in [0.2, 0.25) is 0 Å². The van der Waals surface area contributed by atoms with Crippen molar-refractivity contribution in [1.82, 2.24) is 15.0 Å². The molecule has 0 atom stereocenters. The van der Waals surface area contributed by atoms with Crippen LogP contribution in [0.4, 0.5) is 0 Å². The molecule has 0 aliphatic heterocycles. The van der Waals surface area contributed by atoms with Crippen molar-refractivity contribution in [3.8, 4) is 66.7 Å². The number of hydrogen-bond donors (Lipinski definition) is 0. The third-order valence-electron chi connectivity index (χ3n) is 8.93. The standard InChI is InChI=1S/C45H29N3S/c1-4-11-30(12-5-1)31-19-21-33(22-20-31)44-46-41(32-13-6-2-7-14-32)29-42(47-44)38-26-24-35-27-37(25-23-36(35)28-38)39-17-10-18-40-43(39)49-45(48-40)34-15-8-3-9-16-34/h1-29H. The molecule has 0 aliphatic carbocycles. The summed E-state index contributed by atoms with van der Waals surface area (Å²) in [7, 11) is 0. The van der Waals surface area contributed by atoms with Gasteiger partial charge < -0.3 is 0 Å². The molecule has 230 valence electrons. The van der Waals surface area contributed by atoms with Crippen molar-refractivity contribution in [3.05, 3.63) is 176 Å². The summed E-state index contributed by atoms with van der Waals surface area (Å²) in [5, 5.41) is 3.39. The topological polar surface area (TPSA) is 38.7 Å². The minimum Gasteiger partial charge on any atom is -0.236 e. The summed E-state index contributed by atoms with van der Waals surface area (Å²) in [4.78, 5) is 15.1. The van der Waals surface area contributed by atoms with Gasteiger partial charge in [-0.25, -0.2) is 15.0 Å². The normalized spacial score (nSPS) is 11.3.